The third kappa shape index (κ3) is 2.29. The van der Waals surface area contributed by atoms with Gasteiger partial charge in [0.25, 0.3) is 0 Å². The Bertz CT molecular complexity index is 704. The van der Waals surface area contributed by atoms with Gasteiger partial charge < -0.3 is 4.74 Å². The summed E-state index contributed by atoms with van der Waals surface area (Å²) in [6.07, 6.45) is 0. The molecule has 3 aromatic rings. The van der Waals surface area contributed by atoms with Gasteiger partial charge in [-0.25, -0.2) is 4.39 Å². The second-order valence-electron chi connectivity index (χ2n) is 4.33. The molecule has 0 fully saturated rings. The SMILES string of the molecule is Cn1nc(COc2ccc(F)cc2)c2ccccc21. The Hall–Kier alpha value is -2.36. The van der Waals surface area contributed by atoms with Gasteiger partial charge in [-0.1, -0.05) is 18.2 Å². The van der Waals surface area contributed by atoms with E-state index in [0.717, 1.165) is 16.6 Å². The van der Waals surface area contributed by atoms with Crippen molar-refractivity contribution in [1.82, 2.24) is 9.78 Å². The van der Waals surface area contributed by atoms with Gasteiger partial charge in [0.1, 0.15) is 23.9 Å². The van der Waals surface area contributed by atoms with Crippen LogP contribution in [-0.4, -0.2) is 9.78 Å². The van der Waals surface area contributed by atoms with E-state index in [1.165, 1.54) is 12.1 Å². The van der Waals surface area contributed by atoms with E-state index < -0.39 is 0 Å². The van der Waals surface area contributed by atoms with Crippen molar-refractivity contribution in [3.05, 3.63) is 60.0 Å². The fourth-order valence-corrected chi connectivity index (χ4v) is 2.08. The Morgan fingerprint density at radius 3 is 2.63 bits per heavy atom. The van der Waals surface area contributed by atoms with E-state index in [4.69, 9.17) is 4.74 Å². The number of hydrogen-bond acceptors (Lipinski definition) is 2. The summed E-state index contributed by atoms with van der Waals surface area (Å²) in [6.45, 7) is 0.368. The standard InChI is InChI=1S/C15H13FN2O/c1-18-15-5-3-2-4-13(15)14(17-18)10-19-12-8-6-11(16)7-9-12/h2-9H,10H2,1H3. The highest BCUT2D eigenvalue weighted by Crippen LogP contribution is 2.19. The zero-order valence-electron chi connectivity index (χ0n) is 10.5. The molecule has 1 aromatic heterocycles. The maximum atomic E-state index is 12.8. The Labute approximate surface area is 110 Å². The summed E-state index contributed by atoms with van der Waals surface area (Å²) in [5, 5.41) is 5.52. The summed E-state index contributed by atoms with van der Waals surface area (Å²) in [4.78, 5) is 0. The van der Waals surface area contributed by atoms with Crippen LogP contribution >= 0.6 is 0 Å². The van der Waals surface area contributed by atoms with Crippen molar-refractivity contribution in [3.63, 3.8) is 0 Å². The number of halogens is 1. The minimum atomic E-state index is -0.268. The molecule has 0 aliphatic carbocycles. The smallest absolute Gasteiger partial charge is 0.133 e. The fraction of sp³-hybridized carbons (Fsp3) is 0.133. The van der Waals surface area contributed by atoms with Crippen LogP contribution in [0.3, 0.4) is 0 Å². The molecule has 1 heterocycles. The Kier molecular flexibility index (Phi) is 2.91. The first-order valence-corrected chi connectivity index (χ1v) is 6.03. The molecule has 0 aliphatic heterocycles. The van der Waals surface area contributed by atoms with Gasteiger partial charge in [0.2, 0.25) is 0 Å². The van der Waals surface area contributed by atoms with Gasteiger partial charge in [0.15, 0.2) is 0 Å². The highest BCUT2D eigenvalue weighted by molar-refractivity contribution is 5.81. The monoisotopic (exact) mass is 256 g/mol. The van der Waals surface area contributed by atoms with Crippen LogP contribution in [0, 0.1) is 5.82 Å². The molecule has 0 radical (unpaired) electrons. The molecule has 0 aliphatic rings. The molecule has 4 heteroatoms. The van der Waals surface area contributed by atoms with Gasteiger partial charge in [-0.15, -0.1) is 0 Å². The van der Waals surface area contributed by atoms with E-state index in [0.29, 0.717) is 12.4 Å². The number of ether oxygens (including phenoxy) is 1. The van der Waals surface area contributed by atoms with Crippen LogP contribution in [0.15, 0.2) is 48.5 Å². The molecule has 3 rings (SSSR count). The van der Waals surface area contributed by atoms with Crippen LogP contribution in [0.2, 0.25) is 0 Å². The van der Waals surface area contributed by atoms with Gasteiger partial charge in [-0.2, -0.15) is 5.10 Å². The lowest BCUT2D eigenvalue weighted by molar-refractivity contribution is 0.301. The molecule has 0 spiro atoms. The topological polar surface area (TPSA) is 27.1 Å². The molecule has 0 N–H and O–H groups in total. The molecular weight excluding hydrogens is 243 g/mol. The number of aryl methyl sites for hydroxylation is 1. The lowest BCUT2D eigenvalue weighted by atomic mass is 10.2. The number of aromatic nitrogens is 2. The van der Waals surface area contributed by atoms with Crippen molar-refractivity contribution in [1.29, 1.82) is 0 Å². The predicted octanol–water partition coefficient (Wildman–Crippen LogP) is 3.29. The summed E-state index contributed by atoms with van der Waals surface area (Å²) in [6, 6.07) is 14.0. The summed E-state index contributed by atoms with van der Waals surface area (Å²) in [5.41, 5.74) is 1.95. The molecule has 0 atom stereocenters. The molecule has 0 saturated heterocycles. The van der Waals surface area contributed by atoms with Crippen molar-refractivity contribution in [2.75, 3.05) is 0 Å². The number of benzene rings is 2. The number of hydrogen-bond donors (Lipinski definition) is 0. The van der Waals surface area contributed by atoms with Crippen LogP contribution in [0.4, 0.5) is 4.39 Å². The highest BCUT2D eigenvalue weighted by atomic mass is 19.1. The first-order valence-electron chi connectivity index (χ1n) is 6.03. The van der Waals surface area contributed by atoms with Crippen molar-refractivity contribution in [2.45, 2.75) is 6.61 Å². The van der Waals surface area contributed by atoms with Gasteiger partial charge in [-0.05, 0) is 30.3 Å². The largest absolute Gasteiger partial charge is 0.487 e. The summed E-state index contributed by atoms with van der Waals surface area (Å²) in [7, 11) is 1.91. The van der Waals surface area contributed by atoms with Crippen LogP contribution in [0.5, 0.6) is 5.75 Å². The minimum absolute atomic E-state index is 0.268. The van der Waals surface area contributed by atoms with Crippen LogP contribution in [0.25, 0.3) is 10.9 Å². The van der Waals surface area contributed by atoms with E-state index in [1.807, 2.05) is 36.0 Å². The van der Waals surface area contributed by atoms with Gasteiger partial charge in [0.05, 0.1) is 5.52 Å². The Balaban J connectivity index is 1.84. The maximum Gasteiger partial charge on any atom is 0.133 e. The van der Waals surface area contributed by atoms with Crippen molar-refractivity contribution < 1.29 is 9.13 Å². The highest BCUT2D eigenvalue weighted by Gasteiger charge is 2.08. The molecule has 0 amide bonds. The van der Waals surface area contributed by atoms with Gasteiger partial charge in [0, 0.05) is 12.4 Å². The third-order valence-corrected chi connectivity index (χ3v) is 3.02. The van der Waals surface area contributed by atoms with Crippen molar-refractivity contribution >= 4 is 10.9 Å². The Morgan fingerprint density at radius 1 is 1.11 bits per heavy atom. The second kappa shape index (κ2) is 4.72. The number of nitrogens with zero attached hydrogens (tertiary/aromatic N) is 2. The zero-order chi connectivity index (χ0) is 13.2. The number of fused-ring (bicyclic) bond motifs is 1. The van der Waals surface area contributed by atoms with E-state index in [9.17, 15) is 4.39 Å². The Morgan fingerprint density at radius 2 is 1.84 bits per heavy atom. The normalized spacial score (nSPS) is 10.8. The van der Waals surface area contributed by atoms with E-state index in [1.54, 1.807) is 12.1 Å². The molecule has 0 unspecified atom stereocenters. The lowest BCUT2D eigenvalue weighted by Crippen LogP contribution is -1.98. The minimum Gasteiger partial charge on any atom is -0.487 e. The molecule has 96 valence electrons. The second-order valence-corrected chi connectivity index (χ2v) is 4.33. The quantitative estimate of drug-likeness (QED) is 0.719. The van der Waals surface area contributed by atoms with Crippen LogP contribution in [-0.2, 0) is 13.7 Å². The molecule has 3 nitrogen and oxygen atoms in total. The average molecular weight is 256 g/mol. The number of para-hydroxylation sites is 1. The average Bonchev–Trinajstić information content (AvgIpc) is 2.76. The fourth-order valence-electron chi connectivity index (χ4n) is 2.08. The van der Waals surface area contributed by atoms with Crippen molar-refractivity contribution in [2.24, 2.45) is 7.05 Å². The molecule has 19 heavy (non-hydrogen) atoms. The van der Waals surface area contributed by atoms with Crippen LogP contribution in [0.1, 0.15) is 5.69 Å². The summed E-state index contributed by atoms with van der Waals surface area (Å²) < 4.78 is 20.2. The zero-order valence-corrected chi connectivity index (χ0v) is 10.5. The first kappa shape index (κ1) is 11.7. The first-order chi connectivity index (χ1) is 9.24. The molecule has 2 aromatic carbocycles. The number of rotatable bonds is 3. The predicted molar refractivity (Wildman–Crippen MR) is 71.4 cm³/mol. The lowest BCUT2D eigenvalue weighted by Gasteiger charge is -2.04. The van der Waals surface area contributed by atoms with Gasteiger partial charge in [-0.3, -0.25) is 4.68 Å². The van der Waals surface area contributed by atoms with E-state index >= 15 is 0 Å². The third-order valence-electron chi connectivity index (χ3n) is 3.02. The molecular formula is C15H13FN2O. The summed E-state index contributed by atoms with van der Waals surface area (Å²) in [5.74, 6) is 0.367. The molecule has 0 bridgehead atoms. The molecule has 0 saturated carbocycles. The van der Waals surface area contributed by atoms with E-state index in [-0.39, 0.29) is 5.82 Å². The maximum absolute atomic E-state index is 12.8. The van der Waals surface area contributed by atoms with Crippen LogP contribution < -0.4 is 4.74 Å². The van der Waals surface area contributed by atoms with Gasteiger partial charge >= 0.3 is 0 Å². The van der Waals surface area contributed by atoms with E-state index in [2.05, 4.69) is 5.10 Å². The van der Waals surface area contributed by atoms with Crippen molar-refractivity contribution in [3.8, 4) is 5.75 Å². The summed E-state index contributed by atoms with van der Waals surface area (Å²) >= 11 is 0.